The standard InChI is InChI=1S/C14H15IN2/c1-10-6-7-12(9-13(10)15)17-11(2)14-5-3-4-8-16-14/h3-9,11,17H,1-2H3. The van der Waals surface area contributed by atoms with Crippen LogP contribution in [-0.4, -0.2) is 4.98 Å². The molecule has 1 aromatic heterocycles. The first-order valence-electron chi connectivity index (χ1n) is 5.60. The van der Waals surface area contributed by atoms with Crippen LogP contribution in [0.5, 0.6) is 0 Å². The summed E-state index contributed by atoms with van der Waals surface area (Å²) in [5.41, 5.74) is 3.50. The Morgan fingerprint density at radius 3 is 2.71 bits per heavy atom. The highest BCUT2D eigenvalue weighted by atomic mass is 127. The van der Waals surface area contributed by atoms with Crippen LogP contribution >= 0.6 is 22.6 Å². The fourth-order valence-corrected chi connectivity index (χ4v) is 2.15. The average Bonchev–Trinajstić information content (AvgIpc) is 2.35. The highest BCUT2D eigenvalue weighted by Gasteiger charge is 2.06. The van der Waals surface area contributed by atoms with Crippen LogP contribution in [0.25, 0.3) is 0 Å². The smallest absolute Gasteiger partial charge is 0.0657 e. The third-order valence-electron chi connectivity index (χ3n) is 2.69. The second-order valence-electron chi connectivity index (χ2n) is 4.08. The zero-order chi connectivity index (χ0) is 12.3. The van der Waals surface area contributed by atoms with Crippen molar-refractivity contribution in [1.29, 1.82) is 0 Å². The number of aryl methyl sites for hydroxylation is 1. The van der Waals surface area contributed by atoms with Gasteiger partial charge in [-0.05, 0) is 66.3 Å². The van der Waals surface area contributed by atoms with Gasteiger partial charge < -0.3 is 5.32 Å². The van der Waals surface area contributed by atoms with E-state index in [2.05, 4.69) is 64.9 Å². The molecule has 2 aromatic rings. The lowest BCUT2D eigenvalue weighted by atomic mass is 10.2. The number of halogens is 1. The van der Waals surface area contributed by atoms with E-state index in [1.54, 1.807) is 0 Å². The summed E-state index contributed by atoms with van der Waals surface area (Å²) in [6.45, 7) is 4.24. The predicted octanol–water partition coefficient (Wildman–Crippen LogP) is 4.17. The van der Waals surface area contributed by atoms with E-state index in [0.29, 0.717) is 0 Å². The summed E-state index contributed by atoms with van der Waals surface area (Å²) in [5, 5.41) is 3.46. The Morgan fingerprint density at radius 1 is 1.24 bits per heavy atom. The molecule has 1 aromatic carbocycles. The lowest BCUT2D eigenvalue weighted by Crippen LogP contribution is -2.08. The second-order valence-corrected chi connectivity index (χ2v) is 5.25. The summed E-state index contributed by atoms with van der Waals surface area (Å²) >= 11 is 2.36. The Balaban J connectivity index is 2.13. The number of pyridine rings is 1. The maximum atomic E-state index is 4.35. The zero-order valence-corrected chi connectivity index (χ0v) is 12.1. The van der Waals surface area contributed by atoms with Crippen molar-refractivity contribution in [3.8, 4) is 0 Å². The molecule has 1 N–H and O–H groups in total. The molecule has 0 aliphatic carbocycles. The van der Waals surface area contributed by atoms with Crippen molar-refractivity contribution in [3.63, 3.8) is 0 Å². The van der Waals surface area contributed by atoms with Crippen molar-refractivity contribution in [3.05, 3.63) is 57.4 Å². The number of benzene rings is 1. The third kappa shape index (κ3) is 3.19. The Bertz CT molecular complexity index is 497. The van der Waals surface area contributed by atoms with E-state index >= 15 is 0 Å². The monoisotopic (exact) mass is 338 g/mol. The minimum atomic E-state index is 0.217. The molecule has 0 aliphatic rings. The Morgan fingerprint density at radius 2 is 2.06 bits per heavy atom. The quantitative estimate of drug-likeness (QED) is 0.850. The second kappa shape index (κ2) is 5.49. The van der Waals surface area contributed by atoms with Crippen molar-refractivity contribution >= 4 is 28.3 Å². The minimum Gasteiger partial charge on any atom is -0.377 e. The van der Waals surface area contributed by atoms with Crippen molar-refractivity contribution in [2.75, 3.05) is 5.32 Å². The van der Waals surface area contributed by atoms with E-state index in [-0.39, 0.29) is 6.04 Å². The molecule has 3 heteroatoms. The first-order chi connectivity index (χ1) is 8.16. The van der Waals surface area contributed by atoms with E-state index in [0.717, 1.165) is 11.4 Å². The van der Waals surface area contributed by atoms with Crippen LogP contribution in [0.2, 0.25) is 0 Å². The molecule has 1 atom stereocenters. The molecule has 1 unspecified atom stereocenters. The first kappa shape index (κ1) is 12.4. The van der Waals surface area contributed by atoms with Gasteiger partial charge in [0.1, 0.15) is 0 Å². The molecule has 0 saturated carbocycles. The predicted molar refractivity (Wildman–Crippen MR) is 80.2 cm³/mol. The van der Waals surface area contributed by atoms with Gasteiger partial charge >= 0.3 is 0 Å². The summed E-state index contributed by atoms with van der Waals surface area (Å²) in [6.07, 6.45) is 1.83. The van der Waals surface area contributed by atoms with Crippen LogP contribution in [0, 0.1) is 10.5 Å². The summed E-state index contributed by atoms with van der Waals surface area (Å²) in [4.78, 5) is 4.35. The lowest BCUT2D eigenvalue weighted by molar-refractivity contribution is 0.839. The fourth-order valence-electron chi connectivity index (χ4n) is 1.64. The van der Waals surface area contributed by atoms with Crippen LogP contribution in [0.3, 0.4) is 0 Å². The summed E-state index contributed by atoms with van der Waals surface area (Å²) in [6, 6.07) is 12.6. The molecule has 88 valence electrons. The van der Waals surface area contributed by atoms with Crippen molar-refractivity contribution in [1.82, 2.24) is 4.98 Å². The molecular weight excluding hydrogens is 323 g/mol. The van der Waals surface area contributed by atoms with Gasteiger partial charge in [-0.2, -0.15) is 0 Å². The number of nitrogens with zero attached hydrogens (tertiary/aromatic N) is 1. The van der Waals surface area contributed by atoms with Crippen molar-refractivity contribution in [2.24, 2.45) is 0 Å². The Hall–Kier alpha value is -1.10. The number of rotatable bonds is 3. The van der Waals surface area contributed by atoms with Crippen LogP contribution in [0.1, 0.15) is 24.2 Å². The van der Waals surface area contributed by atoms with Crippen molar-refractivity contribution in [2.45, 2.75) is 19.9 Å². The normalized spacial score (nSPS) is 12.2. The van der Waals surface area contributed by atoms with E-state index in [4.69, 9.17) is 0 Å². The largest absolute Gasteiger partial charge is 0.377 e. The maximum absolute atomic E-state index is 4.35. The topological polar surface area (TPSA) is 24.9 Å². The van der Waals surface area contributed by atoms with Gasteiger partial charge in [0.25, 0.3) is 0 Å². The Labute approximate surface area is 116 Å². The van der Waals surface area contributed by atoms with Gasteiger partial charge in [0, 0.05) is 15.5 Å². The van der Waals surface area contributed by atoms with Gasteiger partial charge in [-0.25, -0.2) is 0 Å². The van der Waals surface area contributed by atoms with Crippen molar-refractivity contribution < 1.29 is 0 Å². The van der Waals surface area contributed by atoms with Gasteiger partial charge in [0.2, 0.25) is 0 Å². The number of nitrogens with one attached hydrogen (secondary N) is 1. The molecule has 0 saturated heterocycles. The van der Waals surface area contributed by atoms with Gasteiger partial charge in [-0.15, -0.1) is 0 Å². The van der Waals surface area contributed by atoms with Gasteiger partial charge in [0.15, 0.2) is 0 Å². The number of anilines is 1. The van der Waals surface area contributed by atoms with Crippen LogP contribution in [0.4, 0.5) is 5.69 Å². The van der Waals surface area contributed by atoms with E-state index < -0.39 is 0 Å². The number of hydrogen-bond acceptors (Lipinski definition) is 2. The molecule has 17 heavy (non-hydrogen) atoms. The molecule has 2 nitrogen and oxygen atoms in total. The summed E-state index contributed by atoms with van der Waals surface area (Å²) in [7, 11) is 0. The van der Waals surface area contributed by atoms with Gasteiger partial charge in [-0.1, -0.05) is 12.1 Å². The molecule has 0 bridgehead atoms. The highest BCUT2D eigenvalue weighted by molar-refractivity contribution is 14.1. The molecular formula is C14H15IN2. The number of hydrogen-bond donors (Lipinski definition) is 1. The summed E-state index contributed by atoms with van der Waals surface area (Å²) in [5.74, 6) is 0. The molecule has 0 fully saturated rings. The SMILES string of the molecule is Cc1ccc(NC(C)c2ccccn2)cc1I. The lowest BCUT2D eigenvalue weighted by Gasteiger charge is -2.15. The molecule has 2 rings (SSSR count). The molecule has 1 heterocycles. The summed E-state index contributed by atoms with van der Waals surface area (Å²) < 4.78 is 1.28. The maximum Gasteiger partial charge on any atom is 0.0657 e. The molecule has 0 spiro atoms. The highest BCUT2D eigenvalue weighted by Crippen LogP contribution is 2.21. The van der Waals surface area contributed by atoms with Gasteiger partial charge in [-0.3, -0.25) is 4.98 Å². The minimum absolute atomic E-state index is 0.217. The Kier molecular flexibility index (Phi) is 3.99. The fraction of sp³-hybridized carbons (Fsp3) is 0.214. The van der Waals surface area contributed by atoms with Crippen LogP contribution in [0.15, 0.2) is 42.6 Å². The first-order valence-corrected chi connectivity index (χ1v) is 6.68. The average molecular weight is 338 g/mol. The van der Waals surface area contributed by atoms with Crippen LogP contribution < -0.4 is 5.32 Å². The number of aromatic nitrogens is 1. The zero-order valence-electron chi connectivity index (χ0n) is 9.94. The van der Waals surface area contributed by atoms with E-state index in [1.807, 2.05) is 24.4 Å². The van der Waals surface area contributed by atoms with E-state index in [1.165, 1.54) is 9.13 Å². The third-order valence-corrected chi connectivity index (χ3v) is 3.85. The molecule has 0 amide bonds. The van der Waals surface area contributed by atoms with Gasteiger partial charge in [0.05, 0.1) is 11.7 Å². The molecule has 0 aliphatic heterocycles. The van der Waals surface area contributed by atoms with E-state index in [9.17, 15) is 0 Å². The van der Waals surface area contributed by atoms with Crippen LogP contribution in [-0.2, 0) is 0 Å². The molecule has 0 radical (unpaired) electrons.